The van der Waals surface area contributed by atoms with Crippen molar-refractivity contribution in [3.8, 4) is 0 Å². The van der Waals surface area contributed by atoms with Gasteiger partial charge in [0.25, 0.3) is 0 Å². The van der Waals surface area contributed by atoms with E-state index in [2.05, 4.69) is 34.6 Å². The molecule has 6 atom stereocenters. The third-order valence-electron chi connectivity index (χ3n) is 7.62. The van der Waals surface area contributed by atoms with Crippen molar-refractivity contribution in [3.05, 3.63) is 0 Å². The standard InChI is InChI=1S/C16H24O2/c1-8-13(18)12-11-7-10(9(2)17)14(3,4)16(8,6)15(11,12)5/h8,10-12H,7H2,1-6H3/t8-,10+,11-,12-,15-,16-/m1/s1. The molecule has 0 saturated heterocycles. The second-order valence-corrected chi connectivity index (χ2v) is 7.81. The second kappa shape index (κ2) is 2.91. The predicted molar refractivity (Wildman–Crippen MR) is 69.9 cm³/mol. The molecule has 3 aliphatic carbocycles. The van der Waals surface area contributed by atoms with Crippen LogP contribution in [0.5, 0.6) is 0 Å². The lowest BCUT2D eigenvalue weighted by Gasteiger charge is -2.57. The van der Waals surface area contributed by atoms with Crippen LogP contribution in [0.3, 0.4) is 0 Å². The minimum Gasteiger partial charge on any atom is -0.300 e. The molecule has 0 N–H and O–H groups in total. The number of hydrogen-bond acceptors (Lipinski definition) is 2. The molecule has 3 fully saturated rings. The predicted octanol–water partition coefficient (Wildman–Crippen LogP) is 3.10. The molecule has 0 aromatic heterocycles. The van der Waals surface area contributed by atoms with Crippen molar-refractivity contribution in [2.45, 2.75) is 48.0 Å². The first kappa shape index (κ1) is 12.4. The van der Waals surface area contributed by atoms with Gasteiger partial charge in [-0.25, -0.2) is 0 Å². The summed E-state index contributed by atoms with van der Waals surface area (Å²) < 4.78 is 0. The maximum Gasteiger partial charge on any atom is 0.140 e. The molecule has 0 aromatic rings. The van der Waals surface area contributed by atoms with Crippen LogP contribution in [-0.4, -0.2) is 11.6 Å². The maximum absolute atomic E-state index is 12.5. The Labute approximate surface area is 110 Å². The Morgan fingerprint density at radius 1 is 1.22 bits per heavy atom. The van der Waals surface area contributed by atoms with Crippen molar-refractivity contribution >= 4 is 11.6 Å². The van der Waals surface area contributed by atoms with Crippen LogP contribution in [0, 0.1) is 39.9 Å². The highest BCUT2D eigenvalue weighted by molar-refractivity contribution is 5.93. The number of Topliss-reactive ketones (excluding diaryl/α,β-unsaturated/α-hetero) is 2. The number of ketones is 2. The number of carbonyl (C=O) groups is 2. The van der Waals surface area contributed by atoms with Gasteiger partial charge in [-0.1, -0.05) is 34.6 Å². The van der Waals surface area contributed by atoms with E-state index in [9.17, 15) is 9.59 Å². The fourth-order valence-electron chi connectivity index (χ4n) is 6.04. The molecule has 0 heterocycles. The van der Waals surface area contributed by atoms with Crippen LogP contribution in [0.4, 0.5) is 0 Å². The lowest BCUT2D eigenvalue weighted by molar-refractivity contribution is -0.149. The molecule has 3 saturated carbocycles. The fourth-order valence-corrected chi connectivity index (χ4v) is 6.04. The molecule has 3 aliphatic rings. The maximum atomic E-state index is 12.5. The lowest BCUT2D eigenvalue weighted by atomic mass is 9.46. The number of hydrogen-bond donors (Lipinski definition) is 0. The zero-order valence-corrected chi connectivity index (χ0v) is 12.3. The molecular weight excluding hydrogens is 224 g/mol. The molecule has 0 spiro atoms. The molecule has 18 heavy (non-hydrogen) atoms. The van der Waals surface area contributed by atoms with Gasteiger partial charge in [-0.15, -0.1) is 0 Å². The van der Waals surface area contributed by atoms with Gasteiger partial charge >= 0.3 is 0 Å². The zero-order chi connectivity index (χ0) is 13.7. The quantitative estimate of drug-likeness (QED) is 0.714. The normalized spacial score (nSPS) is 56.2. The van der Waals surface area contributed by atoms with Crippen molar-refractivity contribution in [1.29, 1.82) is 0 Å². The Bertz CT molecular complexity index is 464. The SMILES string of the molecule is CC(=O)[C@@H]1C[C@@H]2[C@@H]3C(=O)[C@@H](C)[C@](C)(C1(C)C)[C@]23C. The molecule has 0 amide bonds. The molecule has 0 unspecified atom stereocenters. The van der Waals surface area contributed by atoms with E-state index in [0.29, 0.717) is 17.5 Å². The van der Waals surface area contributed by atoms with Crippen LogP contribution < -0.4 is 0 Å². The van der Waals surface area contributed by atoms with Gasteiger partial charge in [0.2, 0.25) is 0 Å². The minimum absolute atomic E-state index is 0.0268. The summed E-state index contributed by atoms with van der Waals surface area (Å²) in [5.41, 5.74) is 0.0460. The molecule has 100 valence electrons. The average molecular weight is 248 g/mol. The van der Waals surface area contributed by atoms with E-state index in [0.717, 1.165) is 6.42 Å². The zero-order valence-electron chi connectivity index (χ0n) is 12.3. The van der Waals surface area contributed by atoms with Gasteiger partial charge in [0.05, 0.1) is 0 Å². The van der Waals surface area contributed by atoms with E-state index >= 15 is 0 Å². The second-order valence-electron chi connectivity index (χ2n) is 7.81. The van der Waals surface area contributed by atoms with Gasteiger partial charge in [0, 0.05) is 17.8 Å². The largest absolute Gasteiger partial charge is 0.300 e. The van der Waals surface area contributed by atoms with E-state index in [-0.39, 0.29) is 34.0 Å². The molecule has 0 aromatic carbocycles. The summed E-state index contributed by atoms with van der Waals surface area (Å²) in [7, 11) is 0. The molecule has 2 nitrogen and oxygen atoms in total. The monoisotopic (exact) mass is 248 g/mol. The summed E-state index contributed by atoms with van der Waals surface area (Å²) in [6, 6.07) is 0. The van der Waals surface area contributed by atoms with Crippen LogP contribution >= 0.6 is 0 Å². The average Bonchev–Trinajstić information content (AvgIpc) is 2.83. The Balaban J connectivity index is 2.17. The van der Waals surface area contributed by atoms with Gasteiger partial charge in [-0.3, -0.25) is 9.59 Å². The Hall–Kier alpha value is -0.660. The Morgan fingerprint density at radius 3 is 2.28 bits per heavy atom. The fraction of sp³-hybridized carbons (Fsp3) is 0.875. The van der Waals surface area contributed by atoms with Crippen LogP contribution in [0.15, 0.2) is 0 Å². The van der Waals surface area contributed by atoms with E-state index in [1.165, 1.54) is 0 Å². The third-order valence-corrected chi connectivity index (χ3v) is 7.62. The van der Waals surface area contributed by atoms with Gasteiger partial charge in [-0.2, -0.15) is 0 Å². The van der Waals surface area contributed by atoms with Crippen LogP contribution in [-0.2, 0) is 9.59 Å². The Kier molecular flexibility index (Phi) is 2.00. The molecule has 0 bridgehead atoms. The highest BCUT2D eigenvalue weighted by Gasteiger charge is 2.85. The van der Waals surface area contributed by atoms with Gasteiger partial charge in [0.1, 0.15) is 11.6 Å². The number of fused-ring (bicyclic) bond motifs is 1. The summed E-state index contributed by atoms with van der Waals surface area (Å²) in [5.74, 6) is 1.69. The highest BCUT2D eigenvalue weighted by Crippen LogP contribution is 2.85. The molecular formula is C16H24O2. The van der Waals surface area contributed by atoms with Gasteiger partial charge < -0.3 is 0 Å². The summed E-state index contributed by atoms with van der Waals surface area (Å²) >= 11 is 0. The van der Waals surface area contributed by atoms with Crippen molar-refractivity contribution in [2.24, 2.45) is 39.9 Å². The molecule has 3 rings (SSSR count). The van der Waals surface area contributed by atoms with Crippen molar-refractivity contribution in [1.82, 2.24) is 0 Å². The lowest BCUT2D eigenvalue weighted by Crippen LogP contribution is -2.55. The number of carbonyl (C=O) groups excluding carboxylic acids is 2. The van der Waals surface area contributed by atoms with E-state index in [1.54, 1.807) is 6.92 Å². The summed E-state index contributed by atoms with van der Waals surface area (Å²) in [6.45, 7) is 12.8. The first-order valence-corrected chi connectivity index (χ1v) is 7.16. The van der Waals surface area contributed by atoms with Crippen LogP contribution in [0.25, 0.3) is 0 Å². The Morgan fingerprint density at radius 2 is 1.78 bits per heavy atom. The summed E-state index contributed by atoms with van der Waals surface area (Å²) in [4.78, 5) is 24.5. The van der Waals surface area contributed by atoms with E-state index in [4.69, 9.17) is 0 Å². The van der Waals surface area contributed by atoms with E-state index in [1.807, 2.05) is 0 Å². The van der Waals surface area contributed by atoms with Crippen LogP contribution in [0.2, 0.25) is 0 Å². The van der Waals surface area contributed by atoms with Gasteiger partial charge in [0.15, 0.2) is 0 Å². The molecule has 2 heteroatoms. The summed E-state index contributed by atoms with van der Waals surface area (Å²) in [5, 5.41) is 0. The van der Waals surface area contributed by atoms with Crippen molar-refractivity contribution in [3.63, 3.8) is 0 Å². The number of rotatable bonds is 1. The van der Waals surface area contributed by atoms with Crippen molar-refractivity contribution < 1.29 is 9.59 Å². The van der Waals surface area contributed by atoms with Crippen molar-refractivity contribution in [2.75, 3.05) is 0 Å². The molecule has 0 aliphatic heterocycles. The third kappa shape index (κ3) is 0.896. The van der Waals surface area contributed by atoms with Crippen LogP contribution in [0.1, 0.15) is 48.0 Å². The van der Waals surface area contributed by atoms with Gasteiger partial charge in [-0.05, 0) is 35.5 Å². The first-order chi connectivity index (χ1) is 8.11. The molecule has 0 radical (unpaired) electrons. The topological polar surface area (TPSA) is 34.1 Å². The summed E-state index contributed by atoms with van der Waals surface area (Å²) in [6.07, 6.45) is 0.928. The minimum atomic E-state index is -0.0790. The first-order valence-electron chi connectivity index (χ1n) is 7.16. The highest BCUT2D eigenvalue weighted by atomic mass is 16.1. The smallest absolute Gasteiger partial charge is 0.140 e. The van der Waals surface area contributed by atoms with E-state index < -0.39 is 0 Å².